The van der Waals surface area contributed by atoms with Gasteiger partial charge in [-0.25, -0.2) is 9.99 Å². The Hall–Kier alpha value is -2.05. The van der Waals surface area contributed by atoms with Crippen LogP contribution in [-0.2, 0) is 0 Å². The summed E-state index contributed by atoms with van der Waals surface area (Å²) in [7, 11) is 0. The van der Waals surface area contributed by atoms with E-state index in [0.717, 1.165) is 31.6 Å². The standard InChI is InChI=1S/C21H19Cl3N4O/c22-14-8-10-15(11-9-14)28-19(24)18(21(29)26-27-12-4-1-5-13-27)25-20(28)16-6-2-3-7-17(16)23/h2-3,6-11H,1,4-5,12-13H2,(H,26,29). The van der Waals surface area contributed by atoms with Crippen LogP contribution >= 0.6 is 34.8 Å². The van der Waals surface area contributed by atoms with Gasteiger partial charge in [-0.05, 0) is 49.2 Å². The number of hydrogen-bond donors (Lipinski definition) is 1. The van der Waals surface area contributed by atoms with Gasteiger partial charge in [-0.15, -0.1) is 0 Å². The maximum atomic E-state index is 12.9. The smallest absolute Gasteiger partial charge is 0.283 e. The van der Waals surface area contributed by atoms with Crippen molar-refractivity contribution in [1.82, 2.24) is 20.0 Å². The molecule has 1 N–H and O–H groups in total. The summed E-state index contributed by atoms with van der Waals surface area (Å²) in [5, 5.41) is 3.26. The highest BCUT2D eigenvalue weighted by Crippen LogP contribution is 2.34. The second kappa shape index (κ2) is 8.76. The van der Waals surface area contributed by atoms with Crippen molar-refractivity contribution < 1.29 is 4.79 Å². The summed E-state index contributed by atoms with van der Waals surface area (Å²) in [6, 6.07) is 14.5. The first kappa shape index (κ1) is 20.2. The van der Waals surface area contributed by atoms with Crippen molar-refractivity contribution in [2.75, 3.05) is 13.1 Å². The SMILES string of the molecule is O=C(NN1CCCCC1)c1nc(-c2ccccc2Cl)n(-c2ccc(Cl)cc2)c1Cl. The van der Waals surface area contributed by atoms with Crippen LogP contribution < -0.4 is 5.43 Å². The Bertz CT molecular complexity index is 1030. The largest absolute Gasteiger partial charge is 0.287 e. The van der Waals surface area contributed by atoms with Crippen molar-refractivity contribution in [3.05, 3.63) is 69.4 Å². The molecule has 29 heavy (non-hydrogen) atoms. The van der Waals surface area contributed by atoms with Crippen LogP contribution in [0.15, 0.2) is 48.5 Å². The zero-order chi connectivity index (χ0) is 20.4. The van der Waals surface area contributed by atoms with Crippen LogP contribution in [0.4, 0.5) is 0 Å². The van der Waals surface area contributed by atoms with Crippen LogP contribution in [0, 0.1) is 0 Å². The summed E-state index contributed by atoms with van der Waals surface area (Å²) < 4.78 is 1.71. The fraction of sp³-hybridized carbons (Fsp3) is 0.238. The van der Waals surface area contributed by atoms with E-state index in [4.69, 9.17) is 34.8 Å². The zero-order valence-electron chi connectivity index (χ0n) is 15.5. The number of imidazole rings is 1. The Morgan fingerprint density at radius 3 is 2.31 bits per heavy atom. The molecule has 0 aliphatic carbocycles. The molecular weight excluding hydrogens is 431 g/mol. The summed E-state index contributed by atoms with van der Waals surface area (Å²) in [5.41, 5.74) is 4.50. The minimum absolute atomic E-state index is 0.155. The lowest BCUT2D eigenvalue weighted by Gasteiger charge is -2.26. The number of halogens is 3. The van der Waals surface area contributed by atoms with Gasteiger partial charge in [-0.1, -0.05) is 53.4 Å². The lowest BCUT2D eigenvalue weighted by molar-refractivity contribution is 0.0745. The lowest BCUT2D eigenvalue weighted by Crippen LogP contribution is -2.45. The molecule has 5 nitrogen and oxygen atoms in total. The van der Waals surface area contributed by atoms with Crippen molar-refractivity contribution in [2.45, 2.75) is 19.3 Å². The number of carbonyl (C=O) groups is 1. The fourth-order valence-electron chi connectivity index (χ4n) is 3.40. The number of aromatic nitrogens is 2. The normalized spacial score (nSPS) is 14.7. The minimum atomic E-state index is -0.335. The molecule has 0 radical (unpaired) electrons. The molecule has 1 saturated heterocycles. The summed E-state index contributed by atoms with van der Waals surface area (Å²) in [5.74, 6) is 0.157. The Balaban J connectivity index is 1.79. The molecule has 1 aliphatic rings. The number of nitrogens with one attached hydrogen (secondary N) is 1. The van der Waals surface area contributed by atoms with Crippen molar-refractivity contribution in [3.8, 4) is 17.1 Å². The molecule has 0 saturated carbocycles. The van der Waals surface area contributed by atoms with Crippen LogP contribution in [-0.4, -0.2) is 33.6 Å². The summed E-state index contributed by atoms with van der Waals surface area (Å²) in [6.07, 6.45) is 3.28. The molecule has 1 aromatic heterocycles. The zero-order valence-corrected chi connectivity index (χ0v) is 17.8. The minimum Gasteiger partial charge on any atom is -0.283 e. The van der Waals surface area contributed by atoms with E-state index >= 15 is 0 Å². The molecule has 0 atom stereocenters. The molecule has 4 rings (SSSR count). The highest BCUT2D eigenvalue weighted by atomic mass is 35.5. The topological polar surface area (TPSA) is 50.2 Å². The van der Waals surface area contributed by atoms with Crippen molar-refractivity contribution in [1.29, 1.82) is 0 Å². The maximum Gasteiger partial charge on any atom is 0.287 e. The lowest BCUT2D eigenvalue weighted by atomic mass is 10.2. The Labute approximate surface area is 184 Å². The molecule has 8 heteroatoms. The maximum absolute atomic E-state index is 12.9. The fourth-order valence-corrected chi connectivity index (χ4v) is 4.05. The molecule has 150 valence electrons. The van der Waals surface area contributed by atoms with E-state index in [1.165, 1.54) is 6.42 Å². The van der Waals surface area contributed by atoms with Gasteiger partial charge in [0.2, 0.25) is 0 Å². The van der Waals surface area contributed by atoms with E-state index in [1.54, 1.807) is 22.8 Å². The van der Waals surface area contributed by atoms with Crippen LogP contribution in [0.3, 0.4) is 0 Å². The Morgan fingerprint density at radius 2 is 1.62 bits per heavy atom. The van der Waals surface area contributed by atoms with E-state index in [-0.39, 0.29) is 16.8 Å². The van der Waals surface area contributed by atoms with E-state index in [1.807, 2.05) is 35.3 Å². The Kier molecular flexibility index (Phi) is 6.11. The van der Waals surface area contributed by atoms with E-state index in [2.05, 4.69) is 10.4 Å². The third kappa shape index (κ3) is 4.28. The van der Waals surface area contributed by atoms with Crippen LogP contribution in [0.25, 0.3) is 17.1 Å². The third-order valence-corrected chi connectivity index (χ3v) is 5.78. The van der Waals surface area contributed by atoms with Crippen LogP contribution in [0.5, 0.6) is 0 Å². The first-order valence-corrected chi connectivity index (χ1v) is 10.5. The number of amides is 1. The molecule has 0 unspecified atom stereocenters. The second-order valence-corrected chi connectivity index (χ2v) is 8.06. The van der Waals surface area contributed by atoms with Gasteiger partial charge in [0.1, 0.15) is 11.0 Å². The predicted molar refractivity (Wildman–Crippen MR) is 117 cm³/mol. The van der Waals surface area contributed by atoms with Gasteiger partial charge in [-0.3, -0.25) is 14.8 Å². The average Bonchev–Trinajstić information content (AvgIpc) is 3.07. The molecular formula is C21H19Cl3N4O. The molecule has 0 spiro atoms. The number of hydrazine groups is 1. The molecule has 1 aliphatic heterocycles. The van der Waals surface area contributed by atoms with Gasteiger partial charge < -0.3 is 0 Å². The third-order valence-electron chi connectivity index (χ3n) is 4.85. The van der Waals surface area contributed by atoms with Gasteiger partial charge in [0.05, 0.1) is 5.02 Å². The molecule has 3 aromatic rings. The summed E-state index contributed by atoms with van der Waals surface area (Å²) >= 11 is 19.1. The number of carbonyl (C=O) groups excluding carboxylic acids is 1. The van der Waals surface area contributed by atoms with Gasteiger partial charge in [-0.2, -0.15) is 0 Å². The Morgan fingerprint density at radius 1 is 0.931 bits per heavy atom. The molecule has 1 fully saturated rings. The molecule has 2 aromatic carbocycles. The monoisotopic (exact) mass is 448 g/mol. The van der Waals surface area contributed by atoms with Crippen LogP contribution in [0.1, 0.15) is 29.8 Å². The first-order valence-electron chi connectivity index (χ1n) is 9.39. The summed E-state index contributed by atoms with van der Waals surface area (Å²) in [4.78, 5) is 17.5. The molecule has 0 bridgehead atoms. The van der Waals surface area contributed by atoms with E-state index in [0.29, 0.717) is 21.4 Å². The van der Waals surface area contributed by atoms with E-state index < -0.39 is 0 Å². The van der Waals surface area contributed by atoms with E-state index in [9.17, 15) is 4.79 Å². The second-order valence-electron chi connectivity index (χ2n) is 6.86. The highest BCUT2D eigenvalue weighted by Gasteiger charge is 2.25. The molecule has 2 heterocycles. The van der Waals surface area contributed by atoms with Crippen molar-refractivity contribution >= 4 is 40.7 Å². The quantitative estimate of drug-likeness (QED) is 0.561. The number of rotatable bonds is 4. The number of benzene rings is 2. The van der Waals surface area contributed by atoms with Crippen molar-refractivity contribution in [3.63, 3.8) is 0 Å². The first-order chi connectivity index (χ1) is 14.0. The van der Waals surface area contributed by atoms with Gasteiger partial charge in [0.25, 0.3) is 5.91 Å². The van der Waals surface area contributed by atoms with Gasteiger partial charge in [0.15, 0.2) is 5.69 Å². The molecule has 1 amide bonds. The number of piperidine rings is 1. The van der Waals surface area contributed by atoms with Gasteiger partial charge >= 0.3 is 0 Å². The predicted octanol–water partition coefficient (Wildman–Crippen LogP) is 5.63. The number of hydrogen-bond acceptors (Lipinski definition) is 3. The summed E-state index contributed by atoms with van der Waals surface area (Å²) in [6.45, 7) is 1.64. The van der Waals surface area contributed by atoms with Crippen molar-refractivity contribution in [2.24, 2.45) is 0 Å². The van der Waals surface area contributed by atoms with Gasteiger partial charge in [0, 0.05) is 29.4 Å². The van der Waals surface area contributed by atoms with Crippen LogP contribution in [0.2, 0.25) is 15.2 Å². The highest BCUT2D eigenvalue weighted by molar-refractivity contribution is 6.34. The average molecular weight is 450 g/mol. The number of nitrogens with zero attached hydrogens (tertiary/aromatic N) is 3.